The summed E-state index contributed by atoms with van der Waals surface area (Å²) < 4.78 is 22.8. The first kappa shape index (κ1) is 49.3. The molecule has 0 bridgehead atoms. The molecule has 9 N–H and O–H groups in total. The van der Waals surface area contributed by atoms with Crippen LogP contribution in [0.3, 0.4) is 0 Å². The molecule has 0 aromatic rings. The van der Waals surface area contributed by atoms with Gasteiger partial charge in [0.25, 0.3) is 0 Å². The van der Waals surface area contributed by atoms with E-state index in [1.807, 2.05) is 0 Å². The Morgan fingerprint density at radius 3 is 1.38 bits per heavy atom. The molecule has 0 aromatic heterocycles. The zero-order valence-corrected chi connectivity index (χ0v) is 33.1. The number of phosphoric acid groups is 1. The van der Waals surface area contributed by atoms with Gasteiger partial charge in [-0.1, -0.05) is 155 Å². The third-order valence-electron chi connectivity index (χ3n) is 10.2. The van der Waals surface area contributed by atoms with Crippen LogP contribution in [0.2, 0.25) is 0 Å². The van der Waals surface area contributed by atoms with Crippen molar-refractivity contribution in [1.82, 2.24) is 5.32 Å². The molecule has 14 heteroatoms. The van der Waals surface area contributed by atoms with E-state index in [4.69, 9.17) is 9.05 Å². The summed E-state index contributed by atoms with van der Waals surface area (Å²) in [4.78, 5) is 23.3. The quantitative estimate of drug-likeness (QED) is 0.0306. The van der Waals surface area contributed by atoms with Gasteiger partial charge >= 0.3 is 7.82 Å². The fourth-order valence-corrected chi connectivity index (χ4v) is 7.74. The number of carbonyl (C=O) groups excluding carboxylic acids is 1. The minimum Gasteiger partial charge on any atom is -0.393 e. The van der Waals surface area contributed by atoms with E-state index in [9.17, 15) is 50.0 Å². The molecule has 0 saturated heterocycles. The maximum absolute atomic E-state index is 12.9. The van der Waals surface area contributed by atoms with Crippen molar-refractivity contribution in [2.75, 3.05) is 6.61 Å². The molecule has 0 heterocycles. The maximum Gasteiger partial charge on any atom is 0.472 e. The highest BCUT2D eigenvalue weighted by Gasteiger charge is 2.51. The van der Waals surface area contributed by atoms with E-state index in [2.05, 4.69) is 19.2 Å². The number of aliphatic hydroxyl groups excluding tert-OH is 7. The second-order valence-electron chi connectivity index (χ2n) is 15.0. The molecule has 13 nitrogen and oxygen atoms in total. The second-order valence-corrected chi connectivity index (χ2v) is 16.4. The van der Waals surface area contributed by atoms with Crippen molar-refractivity contribution in [2.24, 2.45) is 0 Å². The fraction of sp³-hybridized carbons (Fsp3) is 0.974. The van der Waals surface area contributed by atoms with Crippen LogP contribution < -0.4 is 5.32 Å². The van der Waals surface area contributed by atoms with Crippen molar-refractivity contribution in [3.05, 3.63) is 0 Å². The van der Waals surface area contributed by atoms with Crippen molar-refractivity contribution < 1.29 is 59.0 Å². The van der Waals surface area contributed by atoms with Gasteiger partial charge in [0, 0.05) is 0 Å². The van der Waals surface area contributed by atoms with Crippen LogP contribution in [0.25, 0.3) is 0 Å². The predicted octanol–water partition coefficient (Wildman–Crippen LogP) is 5.31. The van der Waals surface area contributed by atoms with Crippen LogP contribution in [0, 0.1) is 0 Å². The smallest absolute Gasteiger partial charge is 0.393 e. The first-order chi connectivity index (χ1) is 24.8. The molecule has 1 aliphatic rings. The zero-order chi connectivity index (χ0) is 38.8. The average molecular weight is 770 g/mol. The summed E-state index contributed by atoms with van der Waals surface area (Å²) in [5.41, 5.74) is 0. The van der Waals surface area contributed by atoms with Gasteiger partial charge in [-0.3, -0.25) is 13.8 Å². The normalized spacial score (nSPS) is 25.0. The Morgan fingerprint density at radius 1 is 0.596 bits per heavy atom. The van der Waals surface area contributed by atoms with Crippen LogP contribution in [0.5, 0.6) is 0 Å². The fourth-order valence-electron chi connectivity index (χ4n) is 6.77. The molecule has 0 spiro atoms. The number of nitrogens with one attached hydrogen (secondary N) is 1. The van der Waals surface area contributed by atoms with Gasteiger partial charge < -0.3 is 46.0 Å². The number of hydrogen-bond acceptors (Lipinski definition) is 11. The first-order valence-corrected chi connectivity index (χ1v) is 22.1. The summed E-state index contributed by atoms with van der Waals surface area (Å²) in [6, 6.07) is -1.15. The van der Waals surface area contributed by atoms with Crippen LogP contribution >= 0.6 is 7.82 Å². The summed E-state index contributed by atoms with van der Waals surface area (Å²) in [5.74, 6) is -0.561. The molecule has 8 atom stereocenters. The molecule has 1 saturated carbocycles. The van der Waals surface area contributed by atoms with E-state index in [1.54, 1.807) is 0 Å². The standard InChI is InChI=1S/C38H76NO12P/c1-3-5-7-9-11-13-14-15-16-18-19-21-23-25-29(40)27-32(42)39-30(31(41)26-24-22-20-17-12-10-8-6-4-2)28-50-52(48,49)51-38-36(46)34(44)33(43)35(45)37(38)47/h29-31,33-38,40-41,43-47H,3-28H2,1-2H3,(H,39,42)(H,48,49). The molecular weight excluding hydrogens is 693 g/mol. The Kier molecular flexibility index (Phi) is 28.0. The van der Waals surface area contributed by atoms with Gasteiger partial charge in [-0.15, -0.1) is 0 Å². The van der Waals surface area contributed by atoms with Crippen molar-refractivity contribution in [3.8, 4) is 0 Å². The monoisotopic (exact) mass is 770 g/mol. The van der Waals surface area contributed by atoms with Crippen molar-refractivity contribution in [1.29, 1.82) is 0 Å². The maximum atomic E-state index is 12.9. The highest BCUT2D eigenvalue weighted by molar-refractivity contribution is 7.47. The molecular formula is C38H76NO12P. The van der Waals surface area contributed by atoms with Gasteiger partial charge in [-0.05, 0) is 12.8 Å². The Balaban J connectivity index is 2.56. The van der Waals surface area contributed by atoms with Crippen LogP contribution in [0.15, 0.2) is 0 Å². The van der Waals surface area contributed by atoms with Gasteiger partial charge in [0.15, 0.2) is 0 Å². The largest absolute Gasteiger partial charge is 0.472 e. The van der Waals surface area contributed by atoms with Gasteiger partial charge in [-0.25, -0.2) is 4.57 Å². The highest BCUT2D eigenvalue weighted by Crippen LogP contribution is 2.47. The summed E-state index contributed by atoms with van der Waals surface area (Å²) in [7, 11) is -5.10. The molecule has 1 amide bonds. The van der Waals surface area contributed by atoms with E-state index in [1.165, 1.54) is 83.5 Å². The van der Waals surface area contributed by atoms with Crippen molar-refractivity contribution >= 4 is 13.7 Å². The molecule has 1 rings (SSSR count). The SMILES string of the molecule is CCCCCCCCCCCCCCCC(O)CC(=O)NC(COP(=O)(O)OC1C(O)C(O)C(O)C(O)C1O)C(O)CCCCCCCCCCC. The lowest BCUT2D eigenvalue weighted by Crippen LogP contribution is -2.64. The molecule has 0 aromatic carbocycles. The molecule has 8 unspecified atom stereocenters. The molecule has 0 aliphatic heterocycles. The van der Waals surface area contributed by atoms with Gasteiger partial charge in [-0.2, -0.15) is 0 Å². The van der Waals surface area contributed by atoms with Gasteiger partial charge in [0.05, 0.1) is 31.3 Å². The molecule has 0 radical (unpaired) electrons. The first-order valence-electron chi connectivity index (χ1n) is 20.6. The minimum atomic E-state index is -5.10. The zero-order valence-electron chi connectivity index (χ0n) is 32.2. The summed E-state index contributed by atoms with van der Waals surface area (Å²) in [6.07, 6.45) is 11.8. The van der Waals surface area contributed by atoms with E-state index in [0.717, 1.165) is 51.4 Å². The van der Waals surface area contributed by atoms with Crippen molar-refractivity contribution in [2.45, 2.75) is 229 Å². The topological polar surface area (TPSA) is 226 Å². The highest BCUT2D eigenvalue weighted by atomic mass is 31.2. The Labute approximate surface area is 313 Å². The number of unbranched alkanes of at least 4 members (excludes halogenated alkanes) is 20. The Bertz CT molecular complexity index is 916. The lowest BCUT2D eigenvalue weighted by molar-refractivity contribution is -0.220. The van der Waals surface area contributed by atoms with Crippen molar-refractivity contribution in [3.63, 3.8) is 0 Å². The Hall–Kier alpha value is -0.700. The minimum absolute atomic E-state index is 0.217. The van der Waals surface area contributed by atoms with Gasteiger partial charge in [0.2, 0.25) is 5.91 Å². The molecule has 52 heavy (non-hydrogen) atoms. The van der Waals surface area contributed by atoms with Crippen LogP contribution in [0.1, 0.15) is 174 Å². The van der Waals surface area contributed by atoms with E-state index < -0.39 is 75.2 Å². The number of aliphatic hydroxyl groups is 7. The molecule has 310 valence electrons. The van der Waals surface area contributed by atoms with E-state index in [-0.39, 0.29) is 12.8 Å². The van der Waals surface area contributed by atoms with Crippen LogP contribution in [-0.4, -0.2) is 108 Å². The number of rotatable bonds is 33. The number of carbonyl (C=O) groups is 1. The average Bonchev–Trinajstić information content (AvgIpc) is 3.11. The van der Waals surface area contributed by atoms with Crippen LogP contribution in [0.4, 0.5) is 0 Å². The number of hydrogen-bond donors (Lipinski definition) is 9. The summed E-state index contributed by atoms with van der Waals surface area (Å²) >= 11 is 0. The van der Waals surface area contributed by atoms with Crippen LogP contribution in [-0.2, 0) is 18.4 Å². The Morgan fingerprint density at radius 2 is 0.962 bits per heavy atom. The van der Waals surface area contributed by atoms with E-state index >= 15 is 0 Å². The number of amides is 1. The van der Waals surface area contributed by atoms with E-state index in [0.29, 0.717) is 12.8 Å². The van der Waals surface area contributed by atoms with Gasteiger partial charge in [0.1, 0.15) is 36.6 Å². The molecule has 1 aliphatic carbocycles. The molecule has 1 fully saturated rings. The summed E-state index contributed by atoms with van der Waals surface area (Å²) in [5, 5.41) is 74.2. The third kappa shape index (κ3) is 22.0. The predicted molar refractivity (Wildman–Crippen MR) is 201 cm³/mol. The lowest BCUT2D eigenvalue weighted by atomic mass is 9.85. The summed E-state index contributed by atoms with van der Waals surface area (Å²) in [6.45, 7) is 3.73. The number of phosphoric ester groups is 1. The second kappa shape index (κ2) is 29.6. The third-order valence-corrected chi connectivity index (χ3v) is 11.2. The lowest BCUT2D eigenvalue weighted by Gasteiger charge is -2.41.